The predicted molar refractivity (Wildman–Crippen MR) is 33.1 cm³/mol. The normalized spacial score (nSPS) is 21.8. The van der Waals surface area contributed by atoms with Crippen LogP contribution in [0.1, 0.15) is 32.1 Å². The van der Waals surface area contributed by atoms with Crippen LogP contribution in [-0.4, -0.2) is 11.6 Å². The van der Waals surface area contributed by atoms with Crippen molar-refractivity contribution in [3.8, 4) is 0 Å². The Morgan fingerprint density at radius 3 is 1.67 bits per heavy atom. The van der Waals surface area contributed by atoms with E-state index in [1.807, 2.05) is 0 Å². The molecule has 2 heteroatoms. The van der Waals surface area contributed by atoms with Crippen molar-refractivity contribution in [2.45, 2.75) is 32.1 Å². The number of carbonyl (C=O) groups is 2. The maximum Gasteiger partial charge on any atom is 0.133 e. The van der Waals surface area contributed by atoms with Gasteiger partial charge in [0.15, 0.2) is 0 Å². The van der Waals surface area contributed by atoms with Gasteiger partial charge in [-0.2, -0.15) is 0 Å². The van der Waals surface area contributed by atoms with Crippen molar-refractivity contribution in [3.05, 3.63) is 0 Å². The highest BCUT2D eigenvalue weighted by Crippen LogP contribution is 2.10. The van der Waals surface area contributed by atoms with Gasteiger partial charge in [-0.25, -0.2) is 0 Å². The monoisotopic (exact) mass is 126 g/mol. The number of ketones is 2. The fourth-order valence-corrected chi connectivity index (χ4v) is 1.01. The maximum absolute atomic E-state index is 10.7. The van der Waals surface area contributed by atoms with Crippen LogP contribution in [0.3, 0.4) is 0 Å². The minimum Gasteiger partial charge on any atom is -0.300 e. The summed E-state index contributed by atoms with van der Waals surface area (Å²) in [6.45, 7) is 0. The van der Waals surface area contributed by atoms with Crippen LogP contribution in [0.5, 0.6) is 0 Å². The van der Waals surface area contributed by atoms with E-state index >= 15 is 0 Å². The lowest BCUT2D eigenvalue weighted by molar-refractivity contribution is -0.122. The molecule has 1 aliphatic rings. The van der Waals surface area contributed by atoms with Crippen LogP contribution in [-0.2, 0) is 9.59 Å². The average molecular weight is 126 g/mol. The first kappa shape index (κ1) is 6.46. The molecule has 0 radical (unpaired) electrons. The zero-order valence-corrected chi connectivity index (χ0v) is 5.35. The number of Topliss-reactive ketones (excluding diaryl/α,β-unsaturated/α-hetero) is 2. The fourth-order valence-electron chi connectivity index (χ4n) is 1.01. The topological polar surface area (TPSA) is 34.1 Å². The van der Waals surface area contributed by atoms with Crippen molar-refractivity contribution in [1.82, 2.24) is 0 Å². The highest BCUT2D eigenvalue weighted by atomic mass is 16.1. The molecular weight excluding hydrogens is 116 g/mol. The van der Waals surface area contributed by atoms with Gasteiger partial charge in [0.05, 0.1) is 0 Å². The van der Waals surface area contributed by atoms with Gasteiger partial charge in [0.1, 0.15) is 11.6 Å². The Balaban J connectivity index is 2.43. The van der Waals surface area contributed by atoms with Crippen molar-refractivity contribution < 1.29 is 9.59 Å². The molecule has 1 rings (SSSR count). The van der Waals surface area contributed by atoms with Crippen LogP contribution in [0.2, 0.25) is 0 Å². The SMILES string of the molecule is O=C1CCCC(=O)CC1. The average Bonchev–Trinajstić information content (AvgIpc) is 1.97. The lowest BCUT2D eigenvalue weighted by Gasteiger charge is -1.86. The van der Waals surface area contributed by atoms with E-state index in [9.17, 15) is 9.59 Å². The molecule has 0 unspecified atom stereocenters. The summed E-state index contributed by atoms with van der Waals surface area (Å²) in [5.41, 5.74) is 0. The van der Waals surface area contributed by atoms with Crippen LogP contribution in [0.4, 0.5) is 0 Å². The Labute approximate surface area is 54.2 Å². The first-order chi connectivity index (χ1) is 4.29. The maximum atomic E-state index is 10.7. The largest absolute Gasteiger partial charge is 0.300 e. The van der Waals surface area contributed by atoms with Gasteiger partial charge in [0.25, 0.3) is 0 Å². The first-order valence-corrected chi connectivity index (χ1v) is 3.32. The third-order valence-corrected chi connectivity index (χ3v) is 1.59. The molecule has 0 saturated heterocycles. The van der Waals surface area contributed by atoms with Gasteiger partial charge in [-0.05, 0) is 6.42 Å². The second kappa shape index (κ2) is 2.76. The molecule has 1 saturated carbocycles. The van der Waals surface area contributed by atoms with Crippen molar-refractivity contribution in [3.63, 3.8) is 0 Å². The zero-order chi connectivity index (χ0) is 6.69. The molecule has 9 heavy (non-hydrogen) atoms. The van der Waals surface area contributed by atoms with E-state index in [2.05, 4.69) is 0 Å². The molecule has 1 aliphatic carbocycles. The van der Waals surface area contributed by atoms with Crippen molar-refractivity contribution >= 4 is 11.6 Å². The smallest absolute Gasteiger partial charge is 0.133 e. The van der Waals surface area contributed by atoms with Crippen LogP contribution >= 0.6 is 0 Å². The summed E-state index contributed by atoms with van der Waals surface area (Å²) < 4.78 is 0. The van der Waals surface area contributed by atoms with E-state index in [1.54, 1.807) is 0 Å². The lowest BCUT2D eigenvalue weighted by Crippen LogP contribution is -1.95. The second-order valence-corrected chi connectivity index (χ2v) is 2.43. The molecule has 0 aliphatic heterocycles. The Morgan fingerprint density at radius 2 is 1.22 bits per heavy atom. The zero-order valence-electron chi connectivity index (χ0n) is 5.35. The summed E-state index contributed by atoms with van der Waals surface area (Å²) in [4.78, 5) is 21.4. The molecule has 2 nitrogen and oxygen atoms in total. The molecule has 1 fully saturated rings. The molecule has 0 atom stereocenters. The quantitative estimate of drug-likeness (QED) is 0.455. The van der Waals surface area contributed by atoms with E-state index in [0.29, 0.717) is 25.7 Å². The molecule has 0 aromatic heterocycles. The Bertz CT molecular complexity index is 122. The lowest BCUT2D eigenvalue weighted by atomic mass is 10.2. The minimum atomic E-state index is 0.251. The van der Waals surface area contributed by atoms with Crippen LogP contribution < -0.4 is 0 Å². The van der Waals surface area contributed by atoms with Gasteiger partial charge in [-0.15, -0.1) is 0 Å². The Hall–Kier alpha value is -0.660. The number of hydrogen-bond acceptors (Lipinski definition) is 2. The van der Waals surface area contributed by atoms with Gasteiger partial charge in [-0.3, -0.25) is 9.59 Å². The number of carbonyl (C=O) groups excluding carboxylic acids is 2. The molecular formula is C7H10O2. The molecule has 50 valence electrons. The molecule has 0 amide bonds. The van der Waals surface area contributed by atoms with Crippen LogP contribution in [0.25, 0.3) is 0 Å². The van der Waals surface area contributed by atoms with Crippen molar-refractivity contribution in [1.29, 1.82) is 0 Å². The van der Waals surface area contributed by atoms with Gasteiger partial charge < -0.3 is 0 Å². The first-order valence-electron chi connectivity index (χ1n) is 3.32. The molecule has 0 heterocycles. The van der Waals surface area contributed by atoms with Gasteiger partial charge >= 0.3 is 0 Å². The molecule has 0 aromatic carbocycles. The summed E-state index contributed by atoms with van der Waals surface area (Å²) in [5, 5.41) is 0. The van der Waals surface area contributed by atoms with E-state index in [4.69, 9.17) is 0 Å². The Morgan fingerprint density at radius 1 is 0.778 bits per heavy atom. The fraction of sp³-hybridized carbons (Fsp3) is 0.714. The predicted octanol–water partition coefficient (Wildman–Crippen LogP) is 1.09. The summed E-state index contributed by atoms with van der Waals surface area (Å²) in [7, 11) is 0. The standard InChI is InChI=1S/C7H10O2/c8-6-2-1-3-7(9)5-4-6/h1-5H2. The highest BCUT2D eigenvalue weighted by molar-refractivity contribution is 5.88. The molecule has 0 aromatic rings. The number of hydrogen-bond donors (Lipinski definition) is 0. The van der Waals surface area contributed by atoms with Crippen LogP contribution in [0, 0.1) is 0 Å². The van der Waals surface area contributed by atoms with E-state index in [0.717, 1.165) is 6.42 Å². The highest BCUT2D eigenvalue weighted by Gasteiger charge is 2.11. The molecule has 0 spiro atoms. The summed E-state index contributed by atoms with van der Waals surface area (Å²) in [5.74, 6) is 0.502. The summed E-state index contributed by atoms with van der Waals surface area (Å²) in [6.07, 6.45) is 2.98. The minimum absolute atomic E-state index is 0.251. The molecule has 0 N–H and O–H groups in total. The summed E-state index contributed by atoms with van der Waals surface area (Å²) in [6, 6.07) is 0. The van der Waals surface area contributed by atoms with Gasteiger partial charge in [0.2, 0.25) is 0 Å². The van der Waals surface area contributed by atoms with Gasteiger partial charge in [0, 0.05) is 25.7 Å². The Kier molecular flexibility index (Phi) is 1.98. The van der Waals surface area contributed by atoms with E-state index in [-0.39, 0.29) is 11.6 Å². The third-order valence-electron chi connectivity index (χ3n) is 1.59. The van der Waals surface area contributed by atoms with Crippen molar-refractivity contribution in [2.24, 2.45) is 0 Å². The number of rotatable bonds is 0. The van der Waals surface area contributed by atoms with Gasteiger partial charge in [-0.1, -0.05) is 0 Å². The van der Waals surface area contributed by atoms with Crippen molar-refractivity contribution in [2.75, 3.05) is 0 Å². The van der Waals surface area contributed by atoms with E-state index in [1.165, 1.54) is 0 Å². The third kappa shape index (κ3) is 1.96. The van der Waals surface area contributed by atoms with Crippen LogP contribution in [0.15, 0.2) is 0 Å². The molecule has 0 bridgehead atoms. The second-order valence-electron chi connectivity index (χ2n) is 2.43. The summed E-state index contributed by atoms with van der Waals surface area (Å²) >= 11 is 0. The van der Waals surface area contributed by atoms with E-state index < -0.39 is 0 Å².